The van der Waals surface area contributed by atoms with Gasteiger partial charge in [0.25, 0.3) is 0 Å². The third-order valence-corrected chi connectivity index (χ3v) is 0.725. The summed E-state index contributed by atoms with van der Waals surface area (Å²) < 4.78 is 25.1. The van der Waals surface area contributed by atoms with E-state index in [1.807, 2.05) is 0 Å². The van der Waals surface area contributed by atoms with Crippen LogP contribution in [0.25, 0.3) is 0 Å². The van der Waals surface area contributed by atoms with Gasteiger partial charge in [-0.2, -0.15) is 13.0 Å². The Hall–Kier alpha value is -0.730. The summed E-state index contributed by atoms with van der Waals surface area (Å²) in [7, 11) is -4.95. The van der Waals surface area contributed by atoms with Gasteiger partial charge < -0.3 is 5.21 Å². The predicted molar refractivity (Wildman–Crippen MR) is 22.5 cm³/mol. The average molecular weight is 141 g/mol. The SMILES string of the molecule is O=NN([O-])S(=O)(=O)O. The van der Waals surface area contributed by atoms with E-state index in [-0.39, 0.29) is 0 Å². The first-order valence-corrected chi connectivity index (χ1v) is 2.66. The molecule has 0 spiro atoms. The van der Waals surface area contributed by atoms with Crippen molar-refractivity contribution in [1.29, 1.82) is 0 Å². The molecule has 0 bridgehead atoms. The maximum absolute atomic E-state index is 9.44. The number of hydrogen-bond acceptors (Lipinski definition) is 5. The normalized spacial score (nSPS) is 10.8. The van der Waals surface area contributed by atoms with Gasteiger partial charge in [-0.25, -0.2) is 0 Å². The molecule has 0 amide bonds. The molecule has 8 heteroatoms. The van der Waals surface area contributed by atoms with Crippen LogP contribution in [0.3, 0.4) is 0 Å². The highest BCUT2D eigenvalue weighted by Crippen LogP contribution is 1.91. The van der Waals surface area contributed by atoms with Gasteiger partial charge in [0.2, 0.25) is 0 Å². The third-order valence-electron chi connectivity index (χ3n) is 0.264. The standard InChI is InChI=1S/HN2O5S/c3-1-2(4)8(5,6)7/h(H,5,6,7)/q-1. The molecule has 48 valence electrons. The van der Waals surface area contributed by atoms with Crippen LogP contribution in [-0.4, -0.2) is 17.5 Å². The van der Waals surface area contributed by atoms with E-state index >= 15 is 0 Å². The molecule has 0 unspecified atom stereocenters. The molecule has 0 aliphatic rings. The first-order chi connectivity index (χ1) is 3.48. The van der Waals surface area contributed by atoms with E-state index in [1.165, 1.54) is 5.29 Å². The van der Waals surface area contributed by atoms with Crippen LogP contribution in [0.5, 0.6) is 0 Å². The van der Waals surface area contributed by atoms with Crippen LogP contribution in [-0.2, 0) is 10.3 Å². The fourth-order valence-electron chi connectivity index (χ4n) is 0.0421. The Labute approximate surface area is 44.3 Å². The van der Waals surface area contributed by atoms with Crippen molar-refractivity contribution in [2.75, 3.05) is 0 Å². The van der Waals surface area contributed by atoms with Gasteiger partial charge in [-0.15, -0.1) is 4.91 Å². The summed E-state index contributed by atoms with van der Waals surface area (Å²) in [6.07, 6.45) is 0. The third kappa shape index (κ3) is 1.82. The fourth-order valence-corrected chi connectivity index (χ4v) is 0.126. The summed E-state index contributed by atoms with van der Waals surface area (Å²) in [5.41, 5.74) is 0. The van der Waals surface area contributed by atoms with Crippen molar-refractivity contribution >= 4 is 10.3 Å². The topological polar surface area (TPSA) is 110 Å². The van der Waals surface area contributed by atoms with Crippen LogP contribution in [0.1, 0.15) is 0 Å². The van der Waals surface area contributed by atoms with Crippen LogP contribution >= 0.6 is 0 Å². The lowest BCUT2D eigenvalue weighted by Crippen LogP contribution is -2.16. The van der Waals surface area contributed by atoms with Gasteiger partial charge in [-0.3, -0.25) is 4.55 Å². The summed E-state index contributed by atoms with van der Waals surface area (Å²) in [5.74, 6) is 0. The molecule has 8 heavy (non-hydrogen) atoms. The van der Waals surface area contributed by atoms with Crippen molar-refractivity contribution in [1.82, 2.24) is 4.58 Å². The zero-order chi connectivity index (χ0) is 6.78. The molecular weight excluding hydrogens is 140 g/mol. The van der Waals surface area contributed by atoms with E-state index in [2.05, 4.69) is 0 Å². The van der Waals surface area contributed by atoms with Crippen LogP contribution in [0.4, 0.5) is 0 Å². The minimum Gasteiger partial charge on any atom is -0.723 e. The highest BCUT2D eigenvalue weighted by molar-refractivity contribution is 7.83. The Morgan fingerprint density at radius 3 is 2.00 bits per heavy atom. The molecule has 0 radical (unpaired) electrons. The molecule has 0 aromatic carbocycles. The number of nitrogens with zero attached hydrogens (tertiary/aromatic N) is 2. The highest BCUT2D eigenvalue weighted by atomic mass is 32.2. The van der Waals surface area contributed by atoms with E-state index in [4.69, 9.17) is 9.46 Å². The first-order valence-electron chi connectivity index (χ1n) is 1.26. The largest absolute Gasteiger partial charge is 0.723 e. The summed E-state index contributed by atoms with van der Waals surface area (Å²) in [4.78, 5) is 8.98. The van der Waals surface area contributed by atoms with Crippen LogP contribution in [0.2, 0.25) is 0 Å². The second-order valence-corrected chi connectivity index (χ2v) is 1.98. The molecule has 1 N–H and O–H groups in total. The zero-order valence-electron chi connectivity index (χ0n) is 3.38. The second kappa shape index (κ2) is 2.03. The van der Waals surface area contributed by atoms with E-state index in [0.29, 0.717) is 0 Å². The monoisotopic (exact) mass is 141 g/mol. The lowest BCUT2D eigenvalue weighted by molar-refractivity contribution is 0.412. The summed E-state index contributed by atoms with van der Waals surface area (Å²) >= 11 is 0. The zero-order valence-corrected chi connectivity index (χ0v) is 4.20. The summed E-state index contributed by atoms with van der Waals surface area (Å²) in [5, 5.41) is 10.8. The molecule has 0 heterocycles. The van der Waals surface area contributed by atoms with Gasteiger partial charge in [0.15, 0.2) is 0 Å². The molecule has 0 rings (SSSR count). The molecule has 7 nitrogen and oxygen atoms in total. The summed E-state index contributed by atoms with van der Waals surface area (Å²) in [6, 6.07) is 0. The smallest absolute Gasteiger partial charge is 0.367 e. The first kappa shape index (κ1) is 7.27. The summed E-state index contributed by atoms with van der Waals surface area (Å²) in [6.45, 7) is 0. The van der Waals surface area contributed by atoms with Gasteiger partial charge >= 0.3 is 10.3 Å². The molecule has 0 saturated carbocycles. The van der Waals surface area contributed by atoms with Crippen molar-refractivity contribution in [2.24, 2.45) is 5.29 Å². The van der Waals surface area contributed by atoms with Crippen molar-refractivity contribution in [3.63, 3.8) is 0 Å². The Morgan fingerprint density at radius 1 is 1.62 bits per heavy atom. The number of rotatable bonds is 2. The van der Waals surface area contributed by atoms with Crippen molar-refractivity contribution in [2.45, 2.75) is 0 Å². The van der Waals surface area contributed by atoms with Gasteiger partial charge in [0, 0.05) is 0 Å². The Morgan fingerprint density at radius 2 is 2.00 bits per heavy atom. The second-order valence-electron chi connectivity index (χ2n) is 0.767. The number of hydrogen-bond donors (Lipinski definition) is 1. The van der Waals surface area contributed by atoms with E-state index in [9.17, 15) is 13.6 Å². The van der Waals surface area contributed by atoms with Crippen molar-refractivity contribution in [3.8, 4) is 0 Å². The molecule has 0 aliphatic heterocycles. The maximum Gasteiger partial charge on any atom is 0.367 e. The van der Waals surface area contributed by atoms with Gasteiger partial charge in [-0.05, 0) is 0 Å². The van der Waals surface area contributed by atoms with Gasteiger partial charge in [-0.1, -0.05) is 0 Å². The van der Waals surface area contributed by atoms with Crippen LogP contribution in [0, 0.1) is 10.1 Å². The Kier molecular flexibility index (Phi) is 1.84. The van der Waals surface area contributed by atoms with Gasteiger partial charge in [0.05, 0.1) is 5.29 Å². The molecular formula is HN2O5S-. The Bertz CT molecular complexity index is 167. The Balaban J connectivity index is 4.26. The number of nitroso groups, excluding NO2 is 1. The van der Waals surface area contributed by atoms with Crippen LogP contribution in [0.15, 0.2) is 5.29 Å². The highest BCUT2D eigenvalue weighted by Gasteiger charge is 2.03. The van der Waals surface area contributed by atoms with Crippen molar-refractivity contribution in [3.05, 3.63) is 10.1 Å². The van der Waals surface area contributed by atoms with Crippen LogP contribution < -0.4 is 0 Å². The van der Waals surface area contributed by atoms with E-state index in [0.717, 1.165) is 0 Å². The molecule has 0 aromatic heterocycles. The maximum atomic E-state index is 9.44. The van der Waals surface area contributed by atoms with Crippen molar-refractivity contribution < 1.29 is 13.0 Å². The molecule has 0 aromatic rings. The van der Waals surface area contributed by atoms with E-state index < -0.39 is 14.9 Å². The van der Waals surface area contributed by atoms with E-state index in [1.54, 1.807) is 0 Å². The minimum absolute atomic E-state index is 1.34. The lowest BCUT2D eigenvalue weighted by Gasteiger charge is -2.12. The minimum atomic E-state index is -4.95. The fraction of sp³-hybridized carbons (Fsp3) is 0. The molecule has 0 fully saturated rings. The predicted octanol–water partition coefficient (Wildman–Crippen LogP) is -0.730. The quantitative estimate of drug-likeness (QED) is 0.309. The lowest BCUT2D eigenvalue weighted by atomic mass is 12.7. The molecule has 0 saturated heterocycles. The molecule has 0 aliphatic carbocycles. The molecule has 0 atom stereocenters. The average Bonchev–Trinajstić information content (AvgIpc) is 1.62. The van der Waals surface area contributed by atoms with Gasteiger partial charge in [0.1, 0.15) is 0 Å².